The van der Waals surface area contributed by atoms with Crippen molar-refractivity contribution in [2.24, 2.45) is 10.4 Å². The van der Waals surface area contributed by atoms with Gasteiger partial charge in [0.25, 0.3) is 0 Å². The zero-order valence-corrected chi connectivity index (χ0v) is 33.2. The van der Waals surface area contributed by atoms with E-state index in [9.17, 15) is 26.7 Å². The maximum absolute atomic E-state index is 13.5. The van der Waals surface area contributed by atoms with Gasteiger partial charge in [0.15, 0.2) is 5.82 Å². The highest BCUT2D eigenvalue weighted by Gasteiger charge is 2.18. The summed E-state index contributed by atoms with van der Waals surface area (Å²) in [6, 6.07) is 8.04. The van der Waals surface area contributed by atoms with E-state index in [1.807, 2.05) is 52.2 Å². The molecule has 0 spiro atoms. The molecule has 1 aromatic heterocycles. The highest BCUT2D eigenvalue weighted by molar-refractivity contribution is 9.11. The Morgan fingerprint density at radius 1 is 0.712 bits per heavy atom. The van der Waals surface area contributed by atoms with Gasteiger partial charge in [-0.05, 0) is 83.4 Å². The number of carbonyl (C=O) groups is 1. The minimum atomic E-state index is -0.744. The van der Waals surface area contributed by atoms with Crippen LogP contribution >= 0.6 is 47.8 Å². The zero-order chi connectivity index (χ0) is 37.2. The Morgan fingerprint density at radius 3 is 1.48 bits per heavy atom. The van der Waals surface area contributed by atoms with Crippen molar-refractivity contribution in [1.29, 1.82) is 0 Å². The number of halogens is 8. The lowest BCUT2D eigenvalue weighted by molar-refractivity contribution is -0.109. The van der Waals surface area contributed by atoms with E-state index in [1.165, 1.54) is 18.2 Å². The van der Waals surface area contributed by atoms with Crippen molar-refractivity contribution in [3.63, 3.8) is 0 Å². The van der Waals surface area contributed by atoms with Crippen LogP contribution in [0.25, 0.3) is 11.0 Å². The van der Waals surface area contributed by atoms with Crippen LogP contribution in [0, 0.1) is 34.5 Å². The summed E-state index contributed by atoms with van der Waals surface area (Å²) >= 11 is 9.23. The van der Waals surface area contributed by atoms with Crippen LogP contribution < -0.4 is 5.73 Å². The summed E-state index contributed by atoms with van der Waals surface area (Å²) in [7, 11) is 0. The molecule has 2 N–H and O–H groups in total. The molecule has 0 amide bonds. The minimum Gasteiger partial charge on any atom is -0.394 e. The molecule has 0 saturated heterocycles. The highest BCUT2D eigenvalue weighted by Crippen LogP contribution is 2.27. The van der Waals surface area contributed by atoms with Gasteiger partial charge >= 0.3 is 0 Å². The lowest BCUT2D eigenvalue weighted by Gasteiger charge is -2.21. The number of imidazole rings is 1. The molecule has 13 heteroatoms. The van der Waals surface area contributed by atoms with Crippen LogP contribution in [0.5, 0.6) is 0 Å². The summed E-state index contributed by atoms with van der Waals surface area (Å²) < 4.78 is 68.7. The van der Waals surface area contributed by atoms with E-state index < -0.39 is 29.0 Å². The number of anilines is 1. The van der Waals surface area contributed by atoms with Crippen LogP contribution in [0.3, 0.4) is 0 Å². The van der Waals surface area contributed by atoms with E-state index in [0.29, 0.717) is 20.9 Å². The first-order chi connectivity index (χ1) is 21.9. The minimum absolute atomic E-state index is 0. The zero-order valence-electron chi connectivity index (χ0n) is 28.5. The fourth-order valence-corrected chi connectivity index (χ4v) is 4.78. The third kappa shape index (κ3) is 20.0. The molecule has 4 rings (SSSR count). The Labute approximate surface area is 334 Å². The normalized spacial score (nSPS) is 10.8. The molecule has 0 aliphatic rings. The van der Waals surface area contributed by atoms with Crippen LogP contribution in [0.1, 0.15) is 104 Å². The van der Waals surface area contributed by atoms with Gasteiger partial charge < -0.3 is 15.1 Å². The van der Waals surface area contributed by atoms with Crippen LogP contribution in [0.4, 0.5) is 27.6 Å². The number of aromatic nitrogens is 2. The number of aldehydes is 1. The lowest BCUT2D eigenvalue weighted by Crippen LogP contribution is -2.20. The predicted octanol–water partition coefficient (Wildman–Crippen LogP) is 14.3. The molecular formula is C39H58Br3F5N4O. The van der Waals surface area contributed by atoms with E-state index >= 15 is 0 Å². The average Bonchev–Trinajstić information content (AvgIpc) is 3.34. The number of fused-ring (bicyclic) bond motifs is 1. The Morgan fingerprint density at radius 2 is 1.12 bits per heavy atom. The highest BCUT2D eigenvalue weighted by atomic mass is 79.9. The number of nitrogen functional groups attached to an aromatic ring is 1. The van der Waals surface area contributed by atoms with Crippen molar-refractivity contribution in [3.05, 3.63) is 90.8 Å². The average molecular weight is 934 g/mol. The number of nitrogens with two attached hydrogens (primary N) is 1. The molecule has 5 nitrogen and oxygen atoms in total. The molecule has 0 radical (unpaired) electrons. The molecule has 0 atom stereocenters. The van der Waals surface area contributed by atoms with Gasteiger partial charge in [-0.3, -0.25) is 4.99 Å². The van der Waals surface area contributed by atoms with Crippen molar-refractivity contribution in [1.82, 2.24) is 9.55 Å². The van der Waals surface area contributed by atoms with Gasteiger partial charge in [-0.25, -0.2) is 26.9 Å². The predicted molar refractivity (Wildman–Crippen MR) is 224 cm³/mol. The molecule has 0 fully saturated rings. The monoisotopic (exact) mass is 930 g/mol. The van der Waals surface area contributed by atoms with Gasteiger partial charge in [0.05, 0.1) is 17.4 Å². The maximum atomic E-state index is 13.5. The number of aliphatic imine (C=N–C) groups is 1. The molecule has 0 aliphatic carbocycles. The van der Waals surface area contributed by atoms with Gasteiger partial charge in [-0.2, -0.15) is 0 Å². The fraction of sp³-hybridized carbons (Fsp3) is 0.462. The van der Waals surface area contributed by atoms with Crippen LogP contribution in [-0.2, 0) is 16.8 Å². The van der Waals surface area contributed by atoms with Gasteiger partial charge in [0.2, 0.25) is 0 Å². The molecule has 4 aromatic rings. The Hall–Kier alpha value is -2.64. The van der Waals surface area contributed by atoms with Gasteiger partial charge in [-0.15, -0.1) is 0 Å². The van der Waals surface area contributed by atoms with Gasteiger partial charge in [-0.1, -0.05) is 98.3 Å². The molecule has 0 aliphatic heterocycles. The Bertz CT molecular complexity index is 1660. The van der Waals surface area contributed by atoms with Crippen molar-refractivity contribution in [3.8, 4) is 0 Å². The van der Waals surface area contributed by atoms with Crippen molar-refractivity contribution >= 4 is 77.0 Å². The summed E-state index contributed by atoms with van der Waals surface area (Å²) in [6.07, 6.45) is 5.02. The van der Waals surface area contributed by atoms with Crippen molar-refractivity contribution in [2.75, 3.05) is 5.73 Å². The molecule has 0 saturated carbocycles. The number of hydrogen-bond donors (Lipinski definition) is 1. The third-order valence-corrected chi connectivity index (χ3v) is 7.29. The van der Waals surface area contributed by atoms with Gasteiger partial charge in [0.1, 0.15) is 40.8 Å². The summed E-state index contributed by atoms with van der Waals surface area (Å²) in [5.74, 6) is -2.87. The molecule has 0 bridgehead atoms. The quantitative estimate of drug-likeness (QED) is 0.0963. The molecule has 3 aromatic carbocycles. The fourth-order valence-electron chi connectivity index (χ4n) is 3.56. The first-order valence-electron chi connectivity index (χ1n) is 14.7. The van der Waals surface area contributed by atoms with Crippen molar-refractivity contribution < 1.29 is 26.7 Å². The second kappa shape index (κ2) is 23.9. The van der Waals surface area contributed by atoms with Crippen LogP contribution in [-0.4, -0.2) is 27.6 Å². The van der Waals surface area contributed by atoms with Crippen molar-refractivity contribution in [2.45, 2.75) is 116 Å². The molecule has 0 unspecified atom stereocenters. The second-order valence-corrected chi connectivity index (χ2v) is 16.5. The topological polar surface area (TPSA) is 73.3 Å². The van der Waals surface area contributed by atoms with Crippen LogP contribution in [0.2, 0.25) is 0 Å². The SMILES string of the molecule is C.C.C.C.CC(C)(C)CC=O.CC(C)(C)N=CCc1c(F)cc(Br)cc1F.CC(C)(C)n1cnc2c(F)cc(Br)cc21.Nc1c(F)cc(Br)cc1F. The Kier molecular flexibility index (Phi) is 25.8. The number of rotatable bonds is 3. The second-order valence-electron chi connectivity index (χ2n) is 13.8. The summed E-state index contributed by atoms with van der Waals surface area (Å²) in [5, 5.41) is 0. The first-order valence-corrected chi connectivity index (χ1v) is 17.1. The first kappa shape index (κ1) is 56.1. The van der Waals surface area contributed by atoms with Gasteiger partial charge in [0, 0.05) is 43.6 Å². The van der Waals surface area contributed by atoms with E-state index in [4.69, 9.17) is 5.73 Å². The molecule has 52 heavy (non-hydrogen) atoms. The lowest BCUT2D eigenvalue weighted by atomic mass is 9.93. The van der Waals surface area contributed by atoms with E-state index in [-0.39, 0.29) is 64.0 Å². The molecule has 1 heterocycles. The van der Waals surface area contributed by atoms with Crippen LogP contribution in [0.15, 0.2) is 61.1 Å². The summed E-state index contributed by atoms with van der Waals surface area (Å²) in [5.41, 5.74) is 5.70. The molecular weight excluding hydrogens is 875 g/mol. The number of nitrogens with zero attached hydrogens (tertiary/aromatic N) is 3. The van der Waals surface area contributed by atoms with E-state index in [2.05, 4.69) is 78.5 Å². The standard InChI is InChI=1S/C12H14BrF2N.C11H12BrFN2.C6H4BrF2N.C6H12O.4CH4/c1-12(2,3)16-5-4-9-10(14)6-8(13)7-11(9)15;1-11(2,3)15-6-14-10-8(13)4-7(12)5-9(10)15;7-3-1-4(8)6(10)5(9)2-3;1-6(2,3)4-5-7;;;;/h5-7H,4H2,1-3H3;4-6H,1-3H3;1-2H,10H2;5H,4H2,1-3H3;4*1H4. The maximum Gasteiger partial charge on any atom is 0.152 e. The number of benzene rings is 3. The Balaban J connectivity index is -0.000000300. The number of hydrogen-bond acceptors (Lipinski definition) is 4. The summed E-state index contributed by atoms with van der Waals surface area (Å²) in [6.45, 7) is 18.1. The number of carbonyl (C=O) groups excluding carboxylic acids is 1. The third-order valence-electron chi connectivity index (χ3n) is 5.91. The van der Waals surface area contributed by atoms with E-state index in [0.717, 1.165) is 28.4 Å². The van der Waals surface area contributed by atoms with E-state index in [1.54, 1.807) is 12.5 Å². The summed E-state index contributed by atoms with van der Waals surface area (Å²) in [4.78, 5) is 18.1. The molecule has 296 valence electrons. The largest absolute Gasteiger partial charge is 0.394 e. The smallest absolute Gasteiger partial charge is 0.152 e.